The third kappa shape index (κ3) is 10.8. The number of amides is 1. The number of halogens is 1. The van der Waals surface area contributed by atoms with Crippen molar-refractivity contribution in [2.45, 2.75) is 38.6 Å². The number of rotatable bonds is 10. The molecule has 1 unspecified atom stereocenters. The van der Waals surface area contributed by atoms with Crippen LogP contribution in [0.25, 0.3) is 0 Å². The molecule has 0 radical (unpaired) electrons. The van der Waals surface area contributed by atoms with Gasteiger partial charge in [0.1, 0.15) is 6.54 Å². The van der Waals surface area contributed by atoms with E-state index >= 15 is 0 Å². The Bertz CT molecular complexity index is 479. The van der Waals surface area contributed by atoms with Crippen LogP contribution >= 0.6 is 24.0 Å². The lowest BCUT2D eigenvalue weighted by Gasteiger charge is -2.34. The van der Waals surface area contributed by atoms with Crippen LogP contribution in [0.2, 0.25) is 0 Å². The summed E-state index contributed by atoms with van der Waals surface area (Å²) in [5.74, 6) is 1.43. The Hall–Kier alpha value is -0.650. The molecule has 0 spiro atoms. The summed E-state index contributed by atoms with van der Waals surface area (Å²) >= 11 is 0. The second-order valence-electron chi connectivity index (χ2n) is 7.88. The van der Waals surface area contributed by atoms with Crippen molar-refractivity contribution in [1.29, 1.82) is 0 Å². The van der Waals surface area contributed by atoms with E-state index in [1.165, 1.54) is 6.42 Å². The Balaban J connectivity index is 0.00000420. The minimum Gasteiger partial charge on any atom is -0.382 e. The number of hydrogen-bond acceptors (Lipinski definition) is 5. The summed E-state index contributed by atoms with van der Waals surface area (Å²) in [7, 11) is 3.51. The molecule has 9 heteroatoms. The summed E-state index contributed by atoms with van der Waals surface area (Å²) in [4.78, 5) is 20.5. The Morgan fingerprint density at radius 3 is 2.66 bits per heavy atom. The molecule has 170 valence electrons. The van der Waals surface area contributed by atoms with Crippen molar-refractivity contribution >= 4 is 35.8 Å². The van der Waals surface area contributed by atoms with Gasteiger partial charge in [-0.15, -0.1) is 24.0 Å². The lowest BCUT2D eigenvalue weighted by Crippen LogP contribution is -2.49. The van der Waals surface area contributed by atoms with Crippen molar-refractivity contribution in [3.05, 3.63) is 0 Å². The van der Waals surface area contributed by atoms with Gasteiger partial charge in [-0.05, 0) is 38.5 Å². The number of carbonyl (C=O) groups excluding carboxylic acids is 1. The largest absolute Gasteiger partial charge is 0.382 e. The molecule has 1 atom stereocenters. The van der Waals surface area contributed by atoms with Crippen LogP contribution in [-0.2, 0) is 14.3 Å². The summed E-state index contributed by atoms with van der Waals surface area (Å²) in [5, 5.41) is 6.88. The summed E-state index contributed by atoms with van der Waals surface area (Å²) in [6.45, 7) is 9.60. The van der Waals surface area contributed by atoms with Crippen LogP contribution in [0, 0.1) is 5.92 Å². The smallest absolute Gasteiger partial charge is 0.243 e. The highest BCUT2D eigenvalue weighted by Crippen LogP contribution is 2.17. The quantitative estimate of drug-likeness (QED) is 0.193. The number of aliphatic imine (C=N–C) groups is 1. The van der Waals surface area contributed by atoms with Crippen molar-refractivity contribution in [3.63, 3.8) is 0 Å². The minimum absolute atomic E-state index is 0. The van der Waals surface area contributed by atoms with E-state index < -0.39 is 0 Å². The highest BCUT2D eigenvalue weighted by Gasteiger charge is 2.24. The van der Waals surface area contributed by atoms with Gasteiger partial charge < -0.3 is 29.9 Å². The molecule has 2 N–H and O–H groups in total. The summed E-state index contributed by atoms with van der Waals surface area (Å²) in [6.07, 6.45) is 4.29. The number of hydrogen-bond donors (Lipinski definition) is 2. The maximum Gasteiger partial charge on any atom is 0.243 e. The predicted molar refractivity (Wildman–Crippen MR) is 127 cm³/mol. The number of piperidine rings is 1. The van der Waals surface area contributed by atoms with Gasteiger partial charge in [-0.3, -0.25) is 4.79 Å². The van der Waals surface area contributed by atoms with Gasteiger partial charge in [0.05, 0.1) is 6.61 Å². The monoisotopic (exact) mass is 525 g/mol. The van der Waals surface area contributed by atoms with E-state index in [-0.39, 0.29) is 36.4 Å². The van der Waals surface area contributed by atoms with Gasteiger partial charge in [0.15, 0.2) is 5.96 Å². The van der Waals surface area contributed by atoms with Crippen LogP contribution in [0.4, 0.5) is 0 Å². The van der Waals surface area contributed by atoms with Crippen molar-refractivity contribution in [3.8, 4) is 0 Å². The maximum atomic E-state index is 11.9. The molecule has 1 amide bonds. The second-order valence-corrected chi connectivity index (χ2v) is 7.88. The number of likely N-dealkylation sites (tertiary alicyclic amines) is 1. The van der Waals surface area contributed by atoms with Gasteiger partial charge in [0, 0.05) is 66.1 Å². The molecule has 0 aromatic rings. The summed E-state index contributed by atoms with van der Waals surface area (Å²) < 4.78 is 10.9. The normalized spacial score (nSPS) is 20.9. The molecular weight excluding hydrogens is 485 g/mol. The topological polar surface area (TPSA) is 78.4 Å². The molecule has 29 heavy (non-hydrogen) atoms. The number of nitrogens with zero attached hydrogens (tertiary/aromatic N) is 3. The summed E-state index contributed by atoms with van der Waals surface area (Å²) in [6, 6.07) is 0.392. The lowest BCUT2D eigenvalue weighted by atomic mass is 10.0. The molecule has 2 fully saturated rings. The van der Waals surface area contributed by atoms with Gasteiger partial charge in [0.25, 0.3) is 0 Å². The molecule has 0 aromatic heterocycles. The molecule has 0 saturated carbocycles. The van der Waals surface area contributed by atoms with E-state index in [1.807, 2.05) is 6.92 Å². The standard InChI is InChI=1S/C20H39N5O3.HI/c1-4-27-12-5-9-21-20(22-14-19(26)24(2)3)23-18-6-10-25(11-7-18)15-17-8-13-28-16-17;/h17-18H,4-16H2,1-3H3,(H2,21,22,23);1H. The first kappa shape index (κ1) is 26.4. The molecule has 8 nitrogen and oxygen atoms in total. The lowest BCUT2D eigenvalue weighted by molar-refractivity contribution is -0.127. The van der Waals surface area contributed by atoms with Crippen LogP contribution in [0.15, 0.2) is 4.99 Å². The average Bonchev–Trinajstić information content (AvgIpc) is 3.19. The molecular formula is C20H40IN5O3. The number of ether oxygens (including phenoxy) is 2. The number of nitrogens with one attached hydrogen (secondary N) is 2. The van der Waals surface area contributed by atoms with Gasteiger partial charge in [-0.1, -0.05) is 0 Å². The molecule has 0 bridgehead atoms. The average molecular weight is 525 g/mol. The first-order valence-electron chi connectivity index (χ1n) is 10.7. The Morgan fingerprint density at radius 1 is 1.28 bits per heavy atom. The predicted octanol–water partition coefficient (Wildman–Crippen LogP) is 1.16. The van der Waals surface area contributed by atoms with Crippen LogP contribution in [0.5, 0.6) is 0 Å². The van der Waals surface area contributed by atoms with Crippen molar-refractivity contribution in [2.24, 2.45) is 10.9 Å². The van der Waals surface area contributed by atoms with Crippen molar-refractivity contribution in [1.82, 2.24) is 20.4 Å². The van der Waals surface area contributed by atoms with E-state index in [2.05, 4.69) is 20.5 Å². The van der Waals surface area contributed by atoms with E-state index in [1.54, 1.807) is 19.0 Å². The zero-order valence-corrected chi connectivity index (χ0v) is 20.7. The first-order chi connectivity index (χ1) is 13.6. The maximum absolute atomic E-state index is 11.9. The SMILES string of the molecule is CCOCCCNC(=NCC(=O)N(C)C)NC1CCN(CC2CCOC2)CC1.I. The molecule has 2 aliphatic heterocycles. The number of likely N-dealkylation sites (N-methyl/N-ethyl adjacent to an activating group) is 1. The Kier molecular flexibility index (Phi) is 13.8. The van der Waals surface area contributed by atoms with E-state index in [4.69, 9.17) is 9.47 Å². The molecule has 0 aromatic carbocycles. The zero-order chi connectivity index (χ0) is 20.2. The Labute approximate surface area is 193 Å². The highest BCUT2D eigenvalue weighted by atomic mass is 127. The van der Waals surface area contributed by atoms with Crippen LogP contribution < -0.4 is 10.6 Å². The molecule has 2 rings (SSSR count). The molecule has 2 aliphatic rings. The van der Waals surface area contributed by atoms with Crippen molar-refractivity contribution < 1.29 is 14.3 Å². The van der Waals surface area contributed by atoms with E-state index in [0.717, 1.165) is 77.8 Å². The van der Waals surface area contributed by atoms with E-state index in [9.17, 15) is 4.79 Å². The van der Waals surface area contributed by atoms with Crippen LogP contribution in [0.1, 0.15) is 32.6 Å². The van der Waals surface area contributed by atoms with Crippen molar-refractivity contribution in [2.75, 3.05) is 73.2 Å². The fourth-order valence-electron chi connectivity index (χ4n) is 3.51. The molecule has 2 heterocycles. The number of guanidine groups is 1. The third-order valence-corrected chi connectivity index (χ3v) is 5.30. The fourth-order valence-corrected chi connectivity index (χ4v) is 3.51. The molecule has 2 saturated heterocycles. The van der Waals surface area contributed by atoms with Gasteiger partial charge >= 0.3 is 0 Å². The van der Waals surface area contributed by atoms with E-state index in [0.29, 0.717) is 12.0 Å². The van der Waals surface area contributed by atoms with Crippen LogP contribution in [0.3, 0.4) is 0 Å². The third-order valence-electron chi connectivity index (χ3n) is 5.30. The second kappa shape index (κ2) is 15.2. The zero-order valence-electron chi connectivity index (χ0n) is 18.3. The van der Waals surface area contributed by atoms with Gasteiger partial charge in [-0.25, -0.2) is 4.99 Å². The first-order valence-corrected chi connectivity index (χ1v) is 10.7. The van der Waals surface area contributed by atoms with Gasteiger partial charge in [0.2, 0.25) is 5.91 Å². The number of carbonyl (C=O) groups is 1. The summed E-state index contributed by atoms with van der Waals surface area (Å²) in [5.41, 5.74) is 0. The Morgan fingerprint density at radius 2 is 2.03 bits per heavy atom. The minimum atomic E-state index is 0. The van der Waals surface area contributed by atoms with Crippen LogP contribution in [-0.4, -0.2) is 101 Å². The highest BCUT2D eigenvalue weighted by molar-refractivity contribution is 14.0. The molecule has 0 aliphatic carbocycles. The van der Waals surface area contributed by atoms with Gasteiger partial charge in [-0.2, -0.15) is 0 Å². The fraction of sp³-hybridized carbons (Fsp3) is 0.900.